The Hall–Kier alpha value is -1.37. The van der Waals surface area contributed by atoms with Crippen LogP contribution in [0, 0.1) is 6.92 Å². The van der Waals surface area contributed by atoms with Crippen molar-refractivity contribution >= 4 is 19.2 Å². The van der Waals surface area contributed by atoms with Gasteiger partial charge in [-0.1, -0.05) is 17.7 Å². The minimum atomic E-state index is -4.77. The first-order chi connectivity index (χ1) is 11.6. The molecule has 1 aliphatic rings. The maximum Gasteiger partial charge on any atom is 0.410 e. The summed E-state index contributed by atoms with van der Waals surface area (Å²) < 4.78 is 64.4. The lowest BCUT2D eigenvalue weighted by Crippen LogP contribution is -2.48. The van der Waals surface area contributed by atoms with Gasteiger partial charge in [-0.05, 0) is 32.9 Å². The van der Waals surface area contributed by atoms with Gasteiger partial charge in [0, 0.05) is 12.1 Å². The molecule has 0 N–H and O–H groups in total. The van der Waals surface area contributed by atoms with E-state index < -0.39 is 37.8 Å². The first kappa shape index (κ1) is 19.9. The van der Waals surface area contributed by atoms with Crippen molar-refractivity contribution in [1.29, 1.82) is 0 Å². The molecule has 1 aromatic rings. The molecular weight excluding hydrogens is 358 g/mol. The lowest BCUT2D eigenvalue weighted by molar-refractivity contribution is -0.148. The number of benzene rings is 1. The van der Waals surface area contributed by atoms with Gasteiger partial charge in [0.05, 0.1) is 18.9 Å². The molecule has 0 spiro atoms. The first-order valence-electron chi connectivity index (χ1n) is 7.98. The van der Waals surface area contributed by atoms with E-state index in [4.69, 9.17) is 9.05 Å². The number of anilines is 1. The number of hydrogen-bond donors (Lipinski definition) is 0. The number of rotatable bonds is 6. The van der Waals surface area contributed by atoms with Crippen molar-refractivity contribution in [3.05, 3.63) is 29.8 Å². The molecule has 1 aromatic carbocycles. The second kappa shape index (κ2) is 7.48. The molecule has 0 unspecified atom stereocenters. The van der Waals surface area contributed by atoms with Crippen molar-refractivity contribution < 1.29 is 31.6 Å². The van der Waals surface area contributed by atoms with Gasteiger partial charge >= 0.3 is 13.8 Å². The Bertz CT molecular complexity index is 652. The van der Waals surface area contributed by atoms with E-state index in [2.05, 4.69) is 0 Å². The van der Waals surface area contributed by atoms with Gasteiger partial charge in [0.1, 0.15) is 6.04 Å². The number of alkyl halides is 3. The average molecular weight is 379 g/mol. The van der Waals surface area contributed by atoms with Gasteiger partial charge in [-0.25, -0.2) is 0 Å². The Balaban J connectivity index is 2.50. The largest absolute Gasteiger partial charge is 0.410 e. The summed E-state index contributed by atoms with van der Waals surface area (Å²) in [6.07, 6.45) is -5.32. The summed E-state index contributed by atoms with van der Waals surface area (Å²) in [7, 11) is -4.11. The average Bonchev–Trinajstić information content (AvgIpc) is 2.87. The van der Waals surface area contributed by atoms with Crippen LogP contribution >= 0.6 is 7.60 Å². The zero-order chi connectivity index (χ0) is 18.8. The molecule has 0 aromatic heterocycles. The third-order valence-corrected chi connectivity index (χ3v) is 6.48. The summed E-state index contributed by atoms with van der Waals surface area (Å²) in [5, 5.41) is 0. The molecule has 1 saturated heterocycles. The van der Waals surface area contributed by atoms with E-state index in [1.807, 2.05) is 0 Å². The zero-order valence-corrected chi connectivity index (χ0v) is 15.1. The monoisotopic (exact) mass is 379 g/mol. The van der Waals surface area contributed by atoms with Crippen molar-refractivity contribution in [1.82, 2.24) is 0 Å². The van der Waals surface area contributed by atoms with Crippen LogP contribution in [0.15, 0.2) is 24.3 Å². The molecule has 2 atom stereocenters. The number of aryl methyl sites for hydroxylation is 1. The molecule has 0 radical (unpaired) electrons. The third-order valence-electron chi connectivity index (χ3n) is 3.97. The second-order valence-electron chi connectivity index (χ2n) is 5.73. The molecule has 1 aliphatic heterocycles. The predicted molar refractivity (Wildman–Crippen MR) is 87.8 cm³/mol. The fraction of sp³-hybridized carbons (Fsp3) is 0.562. The molecule has 0 aliphatic carbocycles. The van der Waals surface area contributed by atoms with Crippen molar-refractivity contribution in [3.8, 4) is 0 Å². The van der Waals surface area contributed by atoms with Crippen molar-refractivity contribution in [3.63, 3.8) is 0 Å². The SMILES string of the molecule is CCOP(=O)(OCC)[C@H]1CC(=O)N(c2ccc(C)cc2)[C@@H]1C(F)(F)F. The minimum Gasteiger partial charge on any atom is -0.309 e. The van der Waals surface area contributed by atoms with Crippen LogP contribution < -0.4 is 4.90 Å². The number of halogens is 3. The second-order valence-corrected chi connectivity index (χ2v) is 7.99. The van der Waals surface area contributed by atoms with E-state index >= 15 is 0 Å². The standard InChI is InChI=1S/C16H21F3NO4P/c1-4-23-25(22,24-5-2)13-10-14(21)20(15(13)16(17,18)19)12-8-6-11(3)7-9-12/h6-9,13,15H,4-5,10H2,1-3H3/t13-,15-/m0/s1. The van der Waals surface area contributed by atoms with Crippen molar-refractivity contribution in [2.45, 2.75) is 45.1 Å². The predicted octanol–water partition coefficient (Wildman–Crippen LogP) is 4.30. The normalized spacial score (nSPS) is 21.8. The van der Waals surface area contributed by atoms with Crippen LogP contribution in [-0.4, -0.2) is 37.0 Å². The minimum absolute atomic E-state index is 0.0723. The highest BCUT2D eigenvalue weighted by Crippen LogP contribution is 2.60. The van der Waals surface area contributed by atoms with Crippen molar-refractivity contribution in [2.24, 2.45) is 0 Å². The number of carbonyl (C=O) groups is 1. The van der Waals surface area contributed by atoms with E-state index in [1.165, 1.54) is 26.0 Å². The summed E-state index contributed by atoms with van der Waals surface area (Å²) in [4.78, 5) is 13.0. The highest BCUT2D eigenvalue weighted by molar-refractivity contribution is 7.54. The topological polar surface area (TPSA) is 55.8 Å². The Morgan fingerprint density at radius 3 is 2.12 bits per heavy atom. The van der Waals surface area contributed by atoms with Crippen LogP contribution in [0.5, 0.6) is 0 Å². The molecule has 1 heterocycles. The van der Waals surface area contributed by atoms with Crippen LogP contribution in [0.1, 0.15) is 25.8 Å². The molecule has 140 valence electrons. The van der Waals surface area contributed by atoms with Gasteiger partial charge in [0.15, 0.2) is 0 Å². The van der Waals surface area contributed by atoms with E-state index in [0.717, 1.165) is 5.56 Å². The highest BCUT2D eigenvalue weighted by Gasteiger charge is 2.62. The fourth-order valence-corrected chi connectivity index (χ4v) is 5.17. The van der Waals surface area contributed by atoms with Crippen LogP contribution in [0.25, 0.3) is 0 Å². The summed E-state index contributed by atoms with van der Waals surface area (Å²) in [5.74, 6) is -0.754. The third kappa shape index (κ3) is 4.07. The van der Waals surface area contributed by atoms with Crippen molar-refractivity contribution in [2.75, 3.05) is 18.1 Å². The Kier molecular flexibility index (Phi) is 5.97. The molecule has 25 heavy (non-hydrogen) atoms. The Morgan fingerprint density at radius 2 is 1.68 bits per heavy atom. The number of hydrogen-bond acceptors (Lipinski definition) is 4. The number of amides is 1. The highest BCUT2D eigenvalue weighted by atomic mass is 31.2. The summed E-state index contributed by atoms with van der Waals surface area (Å²) in [6, 6.07) is 3.87. The van der Waals surface area contributed by atoms with Crippen LogP contribution in [0.4, 0.5) is 18.9 Å². The molecular formula is C16H21F3NO4P. The first-order valence-corrected chi connectivity index (χ1v) is 9.59. The molecule has 2 rings (SSSR count). The Labute approximate surface area is 144 Å². The van der Waals surface area contributed by atoms with Crippen LogP contribution in [0.2, 0.25) is 0 Å². The van der Waals surface area contributed by atoms with Gasteiger partial charge in [-0.3, -0.25) is 14.3 Å². The van der Waals surface area contributed by atoms with Gasteiger partial charge in [0.25, 0.3) is 0 Å². The van der Waals surface area contributed by atoms with Gasteiger partial charge < -0.3 is 9.05 Å². The number of carbonyl (C=O) groups excluding carboxylic acids is 1. The molecule has 5 nitrogen and oxygen atoms in total. The van der Waals surface area contributed by atoms with E-state index in [0.29, 0.717) is 4.90 Å². The van der Waals surface area contributed by atoms with Crippen LogP contribution in [-0.2, 0) is 18.4 Å². The maximum absolute atomic E-state index is 13.8. The lowest BCUT2D eigenvalue weighted by Gasteiger charge is -2.32. The van der Waals surface area contributed by atoms with E-state index in [1.54, 1.807) is 19.1 Å². The Morgan fingerprint density at radius 1 is 1.16 bits per heavy atom. The summed E-state index contributed by atoms with van der Waals surface area (Å²) in [6.45, 7) is 4.68. The molecule has 1 fully saturated rings. The number of nitrogens with zero attached hydrogens (tertiary/aromatic N) is 1. The van der Waals surface area contributed by atoms with E-state index in [-0.39, 0.29) is 18.9 Å². The molecule has 9 heteroatoms. The van der Waals surface area contributed by atoms with Gasteiger partial charge in [-0.15, -0.1) is 0 Å². The summed E-state index contributed by atoms with van der Waals surface area (Å²) >= 11 is 0. The zero-order valence-electron chi connectivity index (χ0n) is 14.2. The molecule has 0 saturated carbocycles. The lowest BCUT2D eigenvalue weighted by atomic mass is 10.1. The molecule has 0 bridgehead atoms. The fourth-order valence-electron chi connectivity index (χ4n) is 2.96. The smallest absolute Gasteiger partial charge is 0.309 e. The molecule has 1 amide bonds. The van der Waals surface area contributed by atoms with E-state index in [9.17, 15) is 22.5 Å². The maximum atomic E-state index is 13.8. The quantitative estimate of drug-likeness (QED) is 0.692. The van der Waals surface area contributed by atoms with Crippen LogP contribution in [0.3, 0.4) is 0 Å². The van der Waals surface area contributed by atoms with Gasteiger partial charge in [0.2, 0.25) is 5.91 Å². The summed E-state index contributed by atoms with van der Waals surface area (Å²) in [5.41, 5.74) is -0.633. The van der Waals surface area contributed by atoms with Gasteiger partial charge in [-0.2, -0.15) is 13.2 Å².